The Bertz CT molecular complexity index is 861. The summed E-state index contributed by atoms with van der Waals surface area (Å²) in [7, 11) is 1.58. The van der Waals surface area contributed by atoms with Gasteiger partial charge in [-0.2, -0.15) is 0 Å². The zero-order valence-corrected chi connectivity index (χ0v) is 15.7. The average molecular weight is 372 g/mol. The first-order valence-electron chi connectivity index (χ1n) is 8.27. The van der Waals surface area contributed by atoms with E-state index in [1.807, 2.05) is 31.2 Å². The highest BCUT2D eigenvalue weighted by Crippen LogP contribution is 2.27. The highest BCUT2D eigenvalue weighted by Gasteiger charge is 2.34. The number of hydrogen-bond donors (Lipinski definition) is 0. The van der Waals surface area contributed by atoms with Gasteiger partial charge in [-0.25, -0.2) is 0 Å². The average Bonchev–Trinajstić information content (AvgIpc) is 3.11. The van der Waals surface area contributed by atoms with Gasteiger partial charge < -0.3 is 14.5 Å². The van der Waals surface area contributed by atoms with Crippen molar-refractivity contribution in [2.45, 2.75) is 19.9 Å². The molecule has 3 rings (SSSR count). The molecule has 1 unspecified atom stereocenters. The van der Waals surface area contributed by atoms with Crippen molar-refractivity contribution < 1.29 is 19.1 Å². The van der Waals surface area contributed by atoms with E-state index in [0.29, 0.717) is 22.0 Å². The predicted octanol–water partition coefficient (Wildman–Crippen LogP) is 2.84. The van der Waals surface area contributed by atoms with Crippen LogP contribution in [0.3, 0.4) is 0 Å². The van der Waals surface area contributed by atoms with Gasteiger partial charge in [-0.05, 0) is 38.1 Å². The van der Waals surface area contributed by atoms with Crippen LogP contribution in [0.25, 0.3) is 0 Å². The molecule has 0 aliphatic carbocycles. The van der Waals surface area contributed by atoms with Crippen LogP contribution in [-0.4, -0.2) is 48.7 Å². The van der Waals surface area contributed by atoms with Crippen molar-refractivity contribution in [3.63, 3.8) is 0 Å². The molecule has 1 aromatic carbocycles. The fourth-order valence-electron chi connectivity index (χ4n) is 3.06. The lowest BCUT2D eigenvalue weighted by Crippen LogP contribution is -2.57. The van der Waals surface area contributed by atoms with Gasteiger partial charge in [0.25, 0.3) is 5.91 Å². The SMILES string of the molecule is COc1cccc(N2C(=O)CN(C(=O)c3ccc(C(C)=O)s3)CC2C)c1. The van der Waals surface area contributed by atoms with Gasteiger partial charge >= 0.3 is 0 Å². The molecule has 2 aromatic rings. The minimum absolute atomic E-state index is 0.00763. The topological polar surface area (TPSA) is 66.9 Å². The van der Waals surface area contributed by atoms with Crippen LogP contribution in [0, 0.1) is 0 Å². The Hall–Kier alpha value is -2.67. The number of ether oxygens (including phenoxy) is 1. The van der Waals surface area contributed by atoms with Crippen molar-refractivity contribution >= 4 is 34.6 Å². The second-order valence-corrected chi connectivity index (χ2v) is 7.30. The van der Waals surface area contributed by atoms with Crippen LogP contribution < -0.4 is 9.64 Å². The highest BCUT2D eigenvalue weighted by molar-refractivity contribution is 7.15. The van der Waals surface area contributed by atoms with Crippen molar-refractivity contribution in [1.82, 2.24) is 4.90 Å². The molecule has 1 fully saturated rings. The Kier molecular flexibility index (Phi) is 5.08. The summed E-state index contributed by atoms with van der Waals surface area (Å²) in [5.74, 6) is 0.249. The van der Waals surface area contributed by atoms with Crippen LogP contribution in [0.2, 0.25) is 0 Å². The molecule has 1 aromatic heterocycles. The largest absolute Gasteiger partial charge is 0.497 e. The lowest BCUT2D eigenvalue weighted by molar-refractivity contribution is -0.121. The van der Waals surface area contributed by atoms with Crippen LogP contribution in [-0.2, 0) is 4.79 Å². The Morgan fingerprint density at radius 1 is 1.19 bits per heavy atom. The van der Waals surface area contributed by atoms with Crippen molar-refractivity contribution in [1.29, 1.82) is 0 Å². The molecule has 0 N–H and O–H groups in total. The first kappa shape index (κ1) is 18.1. The van der Waals surface area contributed by atoms with Gasteiger partial charge in [0, 0.05) is 18.3 Å². The van der Waals surface area contributed by atoms with Gasteiger partial charge in [-0.15, -0.1) is 11.3 Å². The summed E-state index contributed by atoms with van der Waals surface area (Å²) in [6.45, 7) is 3.81. The number of carbonyl (C=O) groups is 3. The van der Waals surface area contributed by atoms with E-state index in [0.717, 1.165) is 5.69 Å². The summed E-state index contributed by atoms with van der Waals surface area (Å²) >= 11 is 1.17. The van der Waals surface area contributed by atoms with E-state index in [2.05, 4.69) is 0 Å². The second-order valence-electron chi connectivity index (χ2n) is 6.22. The summed E-state index contributed by atoms with van der Waals surface area (Å²) in [6, 6.07) is 10.4. The number of methoxy groups -OCH3 is 1. The number of Topliss-reactive ketones (excluding diaryl/α,β-unsaturated/α-hetero) is 1. The Morgan fingerprint density at radius 2 is 1.92 bits per heavy atom. The summed E-state index contributed by atoms with van der Waals surface area (Å²) < 4.78 is 5.23. The summed E-state index contributed by atoms with van der Waals surface area (Å²) in [5, 5.41) is 0. The maximum Gasteiger partial charge on any atom is 0.264 e. The second kappa shape index (κ2) is 7.29. The first-order valence-corrected chi connectivity index (χ1v) is 9.08. The van der Waals surface area contributed by atoms with Crippen molar-refractivity contribution in [2.75, 3.05) is 25.1 Å². The van der Waals surface area contributed by atoms with Gasteiger partial charge in [0.1, 0.15) is 12.3 Å². The summed E-state index contributed by atoms with van der Waals surface area (Å²) in [4.78, 5) is 41.1. The molecule has 2 amide bonds. The van der Waals surface area contributed by atoms with E-state index in [1.165, 1.54) is 18.3 Å². The van der Waals surface area contributed by atoms with Crippen molar-refractivity contribution in [2.24, 2.45) is 0 Å². The number of rotatable bonds is 4. The molecule has 0 saturated carbocycles. The molecule has 0 radical (unpaired) electrons. The van der Waals surface area contributed by atoms with Gasteiger partial charge in [-0.3, -0.25) is 14.4 Å². The van der Waals surface area contributed by atoms with Crippen LogP contribution in [0.4, 0.5) is 5.69 Å². The normalized spacial score (nSPS) is 17.3. The lowest BCUT2D eigenvalue weighted by atomic mass is 10.1. The van der Waals surface area contributed by atoms with Crippen molar-refractivity contribution in [3.8, 4) is 5.75 Å². The standard InChI is InChI=1S/C19H20N2O4S/c1-12-10-20(19(24)17-8-7-16(26-17)13(2)22)11-18(23)21(12)14-5-4-6-15(9-14)25-3/h4-9,12H,10-11H2,1-3H3. The maximum atomic E-state index is 12.7. The molecule has 0 bridgehead atoms. The fraction of sp³-hybridized carbons (Fsp3) is 0.316. The summed E-state index contributed by atoms with van der Waals surface area (Å²) in [5.41, 5.74) is 0.754. The number of carbonyl (C=O) groups excluding carboxylic acids is 3. The molecule has 136 valence electrons. The lowest BCUT2D eigenvalue weighted by Gasteiger charge is -2.39. The third-order valence-corrected chi connectivity index (χ3v) is 5.48. The molecule has 1 aliphatic rings. The van der Waals surface area contributed by atoms with Gasteiger partial charge in [0.15, 0.2) is 5.78 Å². The molecule has 7 heteroatoms. The van der Waals surface area contributed by atoms with E-state index in [1.54, 1.807) is 29.0 Å². The van der Waals surface area contributed by atoms with Gasteiger partial charge in [-0.1, -0.05) is 6.07 Å². The van der Waals surface area contributed by atoms with E-state index >= 15 is 0 Å². The number of amides is 2. The molecular formula is C19H20N2O4S. The van der Waals surface area contributed by atoms with Crippen LogP contribution in [0.15, 0.2) is 36.4 Å². The number of thiophene rings is 1. The van der Waals surface area contributed by atoms with E-state index in [9.17, 15) is 14.4 Å². The fourth-order valence-corrected chi connectivity index (χ4v) is 3.93. The number of benzene rings is 1. The molecule has 0 spiro atoms. The Morgan fingerprint density at radius 3 is 2.54 bits per heavy atom. The zero-order chi connectivity index (χ0) is 18.8. The predicted molar refractivity (Wildman–Crippen MR) is 100 cm³/mol. The highest BCUT2D eigenvalue weighted by atomic mass is 32.1. The van der Waals surface area contributed by atoms with E-state index < -0.39 is 0 Å². The third kappa shape index (κ3) is 3.48. The molecule has 1 aliphatic heterocycles. The smallest absolute Gasteiger partial charge is 0.264 e. The molecule has 26 heavy (non-hydrogen) atoms. The maximum absolute atomic E-state index is 12.7. The van der Waals surface area contributed by atoms with Gasteiger partial charge in [0.2, 0.25) is 5.91 Å². The van der Waals surface area contributed by atoms with Crippen LogP contribution in [0.1, 0.15) is 33.2 Å². The number of nitrogens with zero attached hydrogens (tertiary/aromatic N) is 2. The van der Waals surface area contributed by atoms with Crippen LogP contribution >= 0.6 is 11.3 Å². The summed E-state index contributed by atoms with van der Waals surface area (Å²) in [6.07, 6.45) is 0. The minimum Gasteiger partial charge on any atom is -0.497 e. The monoisotopic (exact) mass is 372 g/mol. The molecule has 2 heterocycles. The van der Waals surface area contributed by atoms with Crippen molar-refractivity contribution in [3.05, 3.63) is 46.2 Å². The quantitative estimate of drug-likeness (QED) is 0.774. The third-order valence-electron chi connectivity index (χ3n) is 4.30. The number of ketones is 1. The number of anilines is 1. The molecule has 1 atom stereocenters. The molecule has 1 saturated heterocycles. The number of piperazine rings is 1. The Labute approximate surface area is 156 Å². The minimum atomic E-state index is -0.215. The first-order chi connectivity index (χ1) is 12.4. The van der Waals surface area contributed by atoms with E-state index in [4.69, 9.17) is 4.74 Å². The van der Waals surface area contributed by atoms with E-state index in [-0.39, 0.29) is 30.2 Å². The van der Waals surface area contributed by atoms with Crippen LogP contribution in [0.5, 0.6) is 5.75 Å². The number of hydrogen-bond acceptors (Lipinski definition) is 5. The Balaban J connectivity index is 1.78. The van der Waals surface area contributed by atoms with Gasteiger partial charge in [0.05, 0.1) is 22.9 Å². The molecule has 6 nitrogen and oxygen atoms in total. The molecular weight excluding hydrogens is 352 g/mol. The zero-order valence-electron chi connectivity index (χ0n) is 14.9.